The fourth-order valence-electron chi connectivity index (χ4n) is 2.58. The van der Waals surface area contributed by atoms with E-state index in [2.05, 4.69) is 5.32 Å². The van der Waals surface area contributed by atoms with Gasteiger partial charge >= 0.3 is 0 Å². The maximum absolute atomic E-state index is 12.4. The number of carbonyl (C=O) groups excluding carboxylic acids is 2. The van der Waals surface area contributed by atoms with Crippen molar-refractivity contribution in [2.24, 2.45) is 0 Å². The molecule has 0 aromatic heterocycles. The number of hydrogen-bond donors (Lipinski definition) is 1. The fourth-order valence-corrected chi connectivity index (χ4v) is 2.58. The van der Waals surface area contributed by atoms with Crippen LogP contribution in [0.3, 0.4) is 0 Å². The quantitative estimate of drug-likeness (QED) is 0.806. The van der Waals surface area contributed by atoms with Gasteiger partial charge in [-0.2, -0.15) is 0 Å². The first-order valence-electron chi connectivity index (χ1n) is 6.77. The normalized spacial score (nSPS) is 33.4. The highest BCUT2D eigenvalue weighted by Gasteiger charge is 2.42. The molecule has 0 aromatic carbocycles. The Morgan fingerprint density at radius 1 is 1.44 bits per heavy atom. The summed E-state index contributed by atoms with van der Waals surface area (Å²) in [6.45, 7) is 5.18. The molecular formula is C13H22N2O3. The Morgan fingerprint density at radius 2 is 2.22 bits per heavy atom. The number of amides is 2. The van der Waals surface area contributed by atoms with E-state index in [0.717, 1.165) is 25.9 Å². The smallest absolute Gasteiger partial charge is 0.248 e. The van der Waals surface area contributed by atoms with E-state index in [1.165, 1.54) is 0 Å². The van der Waals surface area contributed by atoms with Crippen LogP contribution in [0.4, 0.5) is 0 Å². The number of rotatable bonds is 3. The summed E-state index contributed by atoms with van der Waals surface area (Å²) in [5, 5.41) is 2.79. The summed E-state index contributed by atoms with van der Waals surface area (Å²) < 4.78 is 5.64. The lowest BCUT2D eigenvalue weighted by Gasteiger charge is -2.40. The average Bonchev–Trinajstić information content (AvgIpc) is 2.37. The first kappa shape index (κ1) is 13.3. The van der Waals surface area contributed by atoms with Crippen LogP contribution in [0.2, 0.25) is 0 Å². The molecule has 1 N–H and O–H groups in total. The number of carbonyl (C=O) groups is 2. The predicted molar refractivity (Wildman–Crippen MR) is 67.0 cm³/mol. The second-order valence-corrected chi connectivity index (χ2v) is 5.41. The molecule has 2 fully saturated rings. The molecule has 0 aromatic rings. The van der Waals surface area contributed by atoms with Gasteiger partial charge in [0.25, 0.3) is 0 Å². The highest BCUT2D eigenvalue weighted by Crippen LogP contribution is 2.20. The second-order valence-electron chi connectivity index (χ2n) is 5.41. The largest absolute Gasteiger partial charge is 0.376 e. The van der Waals surface area contributed by atoms with Crippen molar-refractivity contribution in [1.29, 1.82) is 0 Å². The summed E-state index contributed by atoms with van der Waals surface area (Å²) in [5.41, 5.74) is -0.746. The highest BCUT2D eigenvalue weighted by molar-refractivity contribution is 5.97. The summed E-state index contributed by atoms with van der Waals surface area (Å²) >= 11 is 0. The van der Waals surface area contributed by atoms with Gasteiger partial charge in [-0.25, -0.2) is 0 Å². The van der Waals surface area contributed by atoms with E-state index >= 15 is 0 Å². The topological polar surface area (TPSA) is 58.6 Å². The standard InChI is InChI=1S/C13H22N2O3/c1-3-13(2)12(17)15(9-11(16)14-13)8-10-6-4-5-7-18-10/h10H,3-9H2,1-2H3,(H,14,16). The molecule has 2 saturated heterocycles. The summed E-state index contributed by atoms with van der Waals surface area (Å²) in [6, 6.07) is 0. The number of hydrogen-bond acceptors (Lipinski definition) is 3. The van der Waals surface area contributed by atoms with Crippen LogP contribution in [-0.2, 0) is 14.3 Å². The molecule has 2 unspecified atom stereocenters. The third kappa shape index (κ3) is 2.66. The van der Waals surface area contributed by atoms with E-state index in [1.807, 2.05) is 6.92 Å². The molecule has 0 spiro atoms. The minimum Gasteiger partial charge on any atom is -0.376 e. The van der Waals surface area contributed by atoms with E-state index in [-0.39, 0.29) is 24.5 Å². The van der Waals surface area contributed by atoms with Crippen molar-refractivity contribution in [2.75, 3.05) is 19.7 Å². The number of nitrogens with one attached hydrogen (secondary N) is 1. The molecule has 2 atom stereocenters. The number of nitrogens with zero attached hydrogens (tertiary/aromatic N) is 1. The molecular weight excluding hydrogens is 232 g/mol. The van der Waals surface area contributed by atoms with Gasteiger partial charge in [0, 0.05) is 13.2 Å². The average molecular weight is 254 g/mol. The van der Waals surface area contributed by atoms with E-state index in [9.17, 15) is 9.59 Å². The Hall–Kier alpha value is -1.10. The molecule has 5 heteroatoms. The van der Waals surface area contributed by atoms with Crippen molar-refractivity contribution in [3.8, 4) is 0 Å². The van der Waals surface area contributed by atoms with Crippen LogP contribution in [0.1, 0.15) is 39.5 Å². The predicted octanol–water partition coefficient (Wildman–Crippen LogP) is 0.683. The first-order chi connectivity index (χ1) is 8.55. The molecule has 2 amide bonds. The molecule has 2 heterocycles. The van der Waals surface area contributed by atoms with Crippen LogP contribution < -0.4 is 5.32 Å². The maximum atomic E-state index is 12.4. The number of ether oxygens (including phenoxy) is 1. The van der Waals surface area contributed by atoms with E-state index < -0.39 is 5.54 Å². The van der Waals surface area contributed by atoms with Gasteiger partial charge in [0.15, 0.2) is 0 Å². The molecule has 0 saturated carbocycles. The first-order valence-corrected chi connectivity index (χ1v) is 6.77. The summed E-state index contributed by atoms with van der Waals surface area (Å²) in [6.07, 6.45) is 3.92. The van der Waals surface area contributed by atoms with Crippen LogP contribution in [0, 0.1) is 0 Å². The van der Waals surface area contributed by atoms with Crippen LogP contribution >= 0.6 is 0 Å². The lowest BCUT2D eigenvalue weighted by molar-refractivity contribution is -0.151. The van der Waals surface area contributed by atoms with Gasteiger partial charge in [0.05, 0.1) is 12.6 Å². The van der Waals surface area contributed by atoms with Crippen molar-refractivity contribution >= 4 is 11.8 Å². The van der Waals surface area contributed by atoms with Gasteiger partial charge in [-0.1, -0.05) is 6.92 Å². The van der Waals surface area contributed by atoms with Crippen molar-refractivity contribution < 1.29 is 14.3 Å². The summed E-state index contributed by atoms with van der Waals surface area (Å²) in [4.78, 5) is 25.7. The van der Waals surface area contributed by atoms with Crippen LogP contribution in [-0.4, -0.2) is 48.1 Å². The molecule has 0 radical (unpaired) electrons. The van der Waals surface area contributed by atoms with Crippen molar-refractivity contribution in [3.63, 3.8) is 0 Å². The highest BCUT2D eigenvalue weighted by atomic mass is 16.5. The second kappa shape index (κ2) is 5.26. The minimum atomic E-state index is -0.746. The molecule has 2 aliphatic rings. The van der Waals surface area contributed by atoms with Crippen LogP contribution in [0.25, 0.3) is 0 Å². The van der Waals surface area contributed by atoms with Crippen molar-refractivity contribution in [1.82, 2.24) is 10.2 Å². The van der Waals surface area contributed by atoms with Crippen LogP contribution in [0.15, 0.2) is 0 Å². The third-order valence-electron chi connectivity index (χ3n) is 3.91. The Labute approximate surface area is 108 Å². The van der Waals surface area contributed by atoms with Gasteiger partial charge in [0.2, 0.25) is 11.8 Å². The Balaban J connectivity index is 2.02. The minimum absolute atomic E-state index is 0.0128. The van der Waals surface area contributed by atoms with Gasteiger partial charge in [-0.05, 0) is 32.6 Å². The fraction of sp³-hybridized carbons (Fsp3) is 0.846. The monoisotopic (exact) mass is 254 g/mol. The zero-order valence-corrected chi connectivity index (χ0v) is 11.2. The van der Waals surface area contributed by atoms with Gasteiger partial charge in [-0.3, -0.25) is 9.59 Å². The Morgan fingerprint density at radius 3 is 2.83 bits per heavy atom. The van der Waals surface area contributed by atoms with E-state index in [0.29, 0.717) is 13.0 Å². The van der Waals surface area contributed by atoms with Crippen molar-refractivity contribution in [2.45, 2.75) is 51.2 Å². The van der Waals surface area contributed by atoms with Crippen molar-refractivity contribution in [3.05, 3.63) is 0 Å². The van der Waals surface area contributed by atoms with Gasteiger partial charge in [-0.15, -0.1) is 0 Å². The van der Waals surface area contributed by atoms with Crippen LogP contribution in [0.5, 0.6) is 0 Å². The zero-order valence-electron chi connectivity index (χ0n) is 11.2. The van der Waals surface area contributed by atoms with E-state index in [1.54, 1.807) is 11.8 Å². The Bertz CT molecular complexity index is 339. The lowest BCUT2D eigenvalue weighted by Crippen LogP contribution is -2.65. The maximum Gasteiger partial charge on any atom is 0.248 e. The lowest BCUT2D eigenvalue weighted by atomic mass is 9.94. The molecule has 102 valence electrons. The Kier molecular flexibility index (Phi) is 3.90. The summed E-state index contributed by atoms with van der Waals surface area (Å²) in [5.74, 6) is -0.0615. The SMILES string of the molecule is CCC1(C)NC(=O)CN(CC2CCCCO2)C1=O. The molecule has 18 heavy (non-hydrogen) atoms. The molecule has 0 aliphatic carbocycles. The van der Waals surface area contributed by atoms with Gasteiger partial charge < -0.3 is 15.0 Å². The molecule has 0 bridgehead atoms. The molecule has 2 aliphatic heterocycles. The van der Waals surface area contributed by atoms with E-state index in [4.69, 9.17) is 4.74 Å². The zero-order chi connectivity index (χ0) is 13.2. The van der Waals surface area contributed by atoms with Gasteiger partial charge in [0.1, 0.15) is 5.54 Å². The summed E-state index contributed by atoms with van der Waals surface area (Å²) in [7, 11) is 0. The molecule has 5 nitrogen and oxygen atoms in total. The number of piperazine rings is 1. The molecule has 2 rings (SSSR count). The third-order valence-corrected chi connectivity index (χ3v) is 3.91.